The van der Waals surface area contributed by atoms with Gasteiger partial charge in [0.25, 0.3) is 5.91 Å². The van der Waals surface area contributed by atoms with Gasteiger partial charge in [-0.15, -0.1) is 0 Å². The highest BCUT2D eigenvalue weighted by molar-refractivity contribution is 7.80. The molecule has 2 heterocycles. The van der Waals surface area contributed by atoms with Crippen LogP contribution in [0.3, 0.4) is 0 Å². The first-order chi connectivity index (χ1) is 11.0. The number of furan rings is 1. The van der Waals surface area contributed by atoms with Crippen molar-refractivity contribution in [2.75, 3.05) is 5.32 Å². The maximum absolute atomic E-state index is 12.0. The molecular formula is C17H15N3O2S. The van der Waals surface area contributed by atoms with Crippen molar-refractivity contribution in [1.82, 2.24) is 10.3 Å². The number of hydrogen-bond donors (Lipinski definition) is 2. The molecule has 116 valence electrons. The highest BCUT2D eigenvalue weighted by Crippen LogP contribution is 2.26. The molecule has 0 radical (unpaired) electrons. The van der Waals surface area contributed by atoms with Crippen LogP contribution < -0.4 is 10.6 Å². The fourth-order valence-corrected chi connectivity index (χ4v) is 2.49. The summed E-state index contributed by atoms with van der Waals surface area (Å²) >= 11 is 5.23. The monoisotopic (exact) mass is 325 g/mol. The first-order valence-electron chi connectivity index (χ1n) is 7.07. The molecule has 1 aromatic carbocycles. The summed E-state index contributed by atoms with van der Waals surface area (Å²) < 4.78 is 5.04. The number of fused-ring (bicyclic) bond motifs is 1. The topological polar surface area (TPSA) is 67.2 Å². The minimum absolute atomic E-state index is 0.209. The number of nitrogens with one attached hydrogen (secondary N) is 2. The van der Waals surface area contributed by atoms with Crippen LogP contribution in [-0.4, -0.2) is 16.0 Å². The molecule has 6 heteroatoms. The average Bonchev–Trinajstić information content (AvgIpc) is 3.04. The Bertz CT molecular complexity index is 888. The van der Waals surface area contributed by atoms with Gasteiger partial charge in [0.05, 0.1) is 17.5 Å². The van der Waals surface area contributed by atoms with Gasteiger partial charge in [0.1, 0.15) is 0 Å². The minimum Gasteiger partial charge on any atom is -0.459 e. The van der Waals surface area contributed by atoms with E-state index in [0.29, 0.717) is 0 Å². The zero-order chi connectivity index (χ0) is 16.4. The SMILES string of the molecule is Cc1ccc2c(NC(=S)NC(=O)c3ccco3)c(C)ccc2n1. The van der Waals surface area contributed by atoms with E-state index < -0.39 is 0 Å². The Morgan fingerprint density at radius 1 is 1.17 bits per heavy atom. The molecule has 0 saturated carbocycles. The number of thiocarbonyl (C=S) groups is 1. The van der Waals surface area contributed by atoms with Gasteiger partial charge in [-0.2, -0.15) is 0 Å². The number of pyridine rings is 1. The maximum atomic E-state index is 12.0. The first-order valence-corrected chi connectivity index (χ1v) is 7.48. The smallest absolute Gasteiger partial charge is 0.293 e. The van der Waals surface area contributed by atoms with Crippen molar-refractivity contribution in [3.63, 3.8) is 0 Å². The van der Waals surface area contributed by atoms with Crippen LogP contribution in [0.5, 0.6) is 0 Å². The van der Waals surface area contributed by atoms with Gasteiger partial charge in [-0.3, -0.25) is 15.1 Å². The number of nitrogens with zero attached hydrogens (tertiary/aromatic N) is 1. The number of anilines is 1. The van der Waals surface area contributed by atoms with E-state index >= 15 is 0 Å². The number of carbonyl (C=O) groups is 1. The molecule has 5 nitrogen and oxygen atoms in total. The Balaban J connectivity index is 1.85. The second-order valence-corrected chi connectivity index (χ2v) is 5.57. The van der Waals surface area contributed by atoms with Crippen molar-refractivity contribution in [2.24, 2.45) is 0 Å². The zero-order valence-electron chi connectivity index (χ0n) is 12.7. The third-order valence-corrected chi connectivity index (χ3v) is 3.63. The number of carbonyl (C=O) groups excluding carboxylic acids is 1. The highest BCUT2D eigenvalue weighted by atomic mass is 32.1. The fraction of sp³-hybridized carbons (Fsp3) is 0.118. The predicted molar refractivity (Wildman–Crippen MR) is 93.6 cm³/mol. The Kier molecular flexibility index (Phi) is 4.08. The molecule has 3 rings (SSSR count). The first kappa shape index (κ1) is 15.2. The lowest BCUT2D eigenvalue weighted by molar-refractivity contribution is 0.0950. The van der Waals surface area contributed by atoms with Crippen LogP contribution >= 0.6 is 12.2 Å². The summed E-state index contributed by atoms with van der Waals surface area (Å²) in [6.45, 7) is 3.92. The third-order valence-electron chi connectivity index (χ3n) is 3.43. The Morgan fingerprint density at radius 3 is 2.74 bits per heavy atom. The summed E-state index contributed by atoms with van der Waals surface area (Å²) in [5.41, 5.74) is 3.66. The quantitative estimate of drug-likeness (QED) is 0.705. The summed E-state index contributed by atoms with van der Waals surface area (Å²) in [6, 6.07) is 11.1. The standard InChI is InChI=1S/C17H15N3O2S/c1-10-5-8-13-12(7-6-11(2)18-13)15(10)19-17(23)20-16(21)14-4-3-9-22-14/h3-9H,1-2H3,(H2,19,20,21,23). The van der Waals surface area contributed by atoms with Crippen LogP contribution in [0.15, 0.2) is 47.1 Å². The molecule has 0 atom stereocenters. The number of amides is 1. The van der Waals surface area contributed by atoms with Crippen molar-refractivity contribution >= 4 is 39.8 Å². The molecular weight excluding hydrogens is 310 g/mol. The van der Waals surface area contributed by atoms with E-state index in [1.165, 1.54) is 6.26 Å². The van der Waals surface area contributed by atoms with Crippen molar-refractivity contribution in [2.45, 2.75) is 13.8 Å². The lowest BCUT2D eigenvalue weighted by atomic mass is 10.1. The Hall–Kier alpha value is -2.73. The van der Waals surface area contributed by atoms with Gasteiger partial charge in [0.2, 0.25) is 0 Å². The molecule has 2 N–H and O–H groups in total. The second kappa shape index (κ2) is 6.18. The normalized spacial score (nSPS) is 10.5. The van der Waals surface area contributed by atoms with Gasteiger partial charge in [0, 0.05) is 11.1 Å². The molecule has 2 aromatic heterocycles. The van der Waals surface area contributed by atoms with Crippen LogP contribution in [0.1, 0.15) is 21.8 Å². The molecule has 23 heavy (non-hydrogen) atoms. The lowest BCUT2D eigenvalue weighted by Gasteiger charge is -2.14. The lowest BCUT2D eigenvalue weighted by Crippen LogP contribution is -2.34. The molecule has 0 fully saturated rings. The number of hydrogen-bond acceptors (Lipinski definition) is 4. The van der Waals surface area contributed by atoms with Crippen molar-refractivity contribution < 1.29 is 9.21 Å². The molecule has 0 aliphatic rings. The summed E-state index contributed by atoms with van der Waals surface area (Å²) in [7, 11) is 0. The zero-order valence-corrected chi connectivity index (χ0v) is 13.5. The molecule has 1 amide bonds. The van der Waals surface area contributed by atoms with E-state index in [1.54, 1.807) is 12.1 Å². The Morgan fingerprint density at radius 2 is 2.00 bits per heavy atom. The van der Waals surface area contributed by atoms with E-state index in [4.69, 9.17) is 16.6 Å². The van der Waals surface area contributed by atoms with Gasteiger partial charge < -0.3 is 9.73 Å². The molecule has 0 bridgehead atoms. The summed E-state index contributed by atoms with van der Waals surface area (Å²) in [5.74, 6) is -0.180. The Labute approximate surface area is 138 Å². The van der Waals surface area contributed by atoms with E-state index in [-0.39, 0.29) is 16.8 Å². The van der Waals surface area contributed by atoms with Gasteiger partial charge in [-0.05, 0) is 62.0 Å². The molecule has 3 aromatic rings. The van der Waals surface area contributed by atoms with Crippen molar-refractivity contribution in [3.05, 3.63) is 59.7 Å². The summed E-state index contributed by atoms with van der Waals surface area (Å²) in [6.07, 6.45) is 1.44. The molecule has 0 aliphatic heterocycles. The van der Waals surface area contributed by atoms with Crippen molar-refractivity contribution in [1.29, 1.82) is 0 Å². The fourth-order valence-electron chi connectivity index (χ4n) is 2.30. The number of aromatic nitrogens is 1. The highest BCUT2D eigenvalue weighted by Gasteiger charge is 2.12. The third kappa shape index (κ3) is 3.22. The maximum Gasteiger partial charge on any atom is 0.293 e. The number of rotatable bonds is 2. The predicted octanol–water partition coefficient (Wildman–Crippen LogP) is 3.57. The molecule has 0 unspecified atom stereocenters. The van der Waals surface area contributed by atoms with Gasteiger partial charge in [-0.25, -0.2) is 0 Å². The largest absolute Gasteiger partial charge is 0.459 e. The number of benzene rings is 1. The molecule has 0 aliphatic carbocycles. The van der Waals surface area contributed by atoms with Crippen LogP contribution in [0, 0.1) is 13.8 Å². The van der Waals surface area contributed by atoms with Crippen LogP contribution in [0.4, 0.5) is 5.69 Å². The summed E-state index contributed by atoms with van der Waals surface area (Å²) in [4.78, 5) is 16.5. The van der Waals surface area contributed by atoms with Crippen molar-refractivity contribution in [3.8, 4) is 0 Å². The van der Waals surface area contributed by atoms with Crippen LogP contribution in [-0.2, 0) is 0 Å². The van der Waals surface area contributed by atoms with E-state index in [2.05, 4.69) is 15.6 Å². The van der Waals surface area contributed by atoms with E-state index in [1.807, 2.05) is 38.1 Å². The van der Waals surface area contributed by atoms with E-state index in [9.17, 15) is 4.79 Å². The van der Waals surface area contributed by atoms with Gasteiger partial charge in [0.15, 0.2) is 10.9 Å². The average molecular weight is 325 g/mol. The van der Waals surface area contributed by atoms with E-state index in [0.717, 1.165) is 27.8 Å². The van der Waals surface area contributed by atoms with Crippen LogP contribution in [0.25, 0.3) is 10.9 Å². The molecule has 0 spiro atoms. The summed E-state index contributed by atoms with van der Waals surface area (Å²) in [5, 5.41) is 6.84. The number of aryl methyl sites for hydroxylation is 2. The van der Waals surface area contributed by atoms with Gasteiger partial charge in [-0.1, -0.05) is 6.07 Å². The molecule has 0 saturated heterocycles. The van der Waals surface area contributed by atoms with Gasteiger partial charge >= 0.3 is 0 Å². The minimum atomic E-state index is -0.389. The van der Waals surface area contributed by atoms with Crippen LogP contribution in [0.2, 0.25) is 0 Å². The second-order valence-electron chi connectivity index (χ2n) is 5.16.